The molecule has 0 saturated carbocycles. The van der Waals surface area contributed by atoms with Gasteiger partial charge in [-0.2, -0.15) is 0 Å². The van der Waals surface area contributed by atoms with E-state index in [1.165, 1.54) is 12.1 Å². The molecule has 4 aromatic rings. The normalized spacial score (nSPS) is 17.9. The van der Waals surface area contributed by atoms with Crippen molar-refractivity contribution in [3.8, 4) is 28.0 Å². The van der Waals surface area contributed by atoms with Crippen LogP contribution in [0.2, 0.25) is 5.02 Å². The van der Waals surface area contributed by atoms with E-state index in [0.717, 1.165) is 39.8 Å². The van der Waals surface area contributed by atoms with Crippen LogP contribution < -0.4 is 4.74 Å². The van der Waals surface area contributed by atoms with Crippen LogP contribution >= 0.6 is 11.6 Å². The van der Waals surface area contributed by atoms with E-state index in [1.807, 2.05) is 40.1 Å². The third-order valence-electron chi connectivity index (χ3n) is 6.68. The maximum absolute atomic E-state index is 11.8. The van der Waals surface area contributed by atoms with Gasteiger partial charge in [0.15, 0.2) is 0 Å². The van der Waals surface area contributed by atoms with Crippen LogP contribution in [-0.4, -0.2) is 45.1 Å². The van der Waals surface area contributed by atoms with Gasteiger partial charge >= 0.3 is 5.97 Å². The molecule has 188 valence electrons. The number of carboxylic acid groups (broad SMARTS) is 1. The largest absolute Gasteiger partial charge is 0.490 e. The smallest absolute Gasteiger partial charge is 0.335 e. The van der Waals surface area contributed by atoms with Crippen molar-refractivity contribution < 1.29 is 23.9 Å². The second kappa shape index (κ2) is 8.94. The van der Waals surface area contributed by atoms with Gasteiger partial charge in [0.1, 0.15) is 17.2 Å². The van der Waals surface area contributed by atoms with Crippen LogP contribution in [0.1, 0.15) is 49.0 Å². The Labute approximate surface area is 213 Å². The van der Waals surface area contributed by atoms with E-state index in [4.69, 9.17) is 30.6 Å². The number of aromatic carboxylic acids is 1. The van der Waals surface area contributed by atoms with Crippen molar-refractivity contribution in [2.45, 2.75) is 52.7 Å². The molecule has 0 amide bonds. The Bertz CT molecular complexity index is 1460. The van der Waals surface area contributed by atoms with Gasteiger partial charge in [0.05, 0.1) is 34.5 Å². The molecule has 0 spiro atoms. The molecule has 1 fully saturated rings. The second-order valence-electron chi connectivity index (χ2n) is 9.81. The van der Waals surface area contributed by atoms with Crippen molar-refractivity contribution in [2.24, 2.45) is 0 Å². The molecule has 1 N–H and O–H groups in total. The number of rotatable bonds is 6. The fourth-order valence-corrected chi connectivity index (χ4v) is 5.22. The molecule has 0 radical (unpaired) electrons. The van der Waals surface area contributed by atoms with E-state index in [9.17, 15) is 9.90 Å². The first-order valence-electron chi connectivity index (χ1n) is 11.9. The van der Waals surface area contributed by atoms with Crippen molar-refractivity contribution in [3.05, 3.63) is 52.6 Å². The summed E-state index contributed by atoms with van der Waals surface area (Å²) in [6, 6.07) is 5.04. The fourth-order valence-electron chi connectivity index (χ4n) is 4.91. The molecule has 1 aliphatic heterocycles. The molecule has 1 aromatic carbocycles. The Morgan fingerprint density at radius 3 is 2.64 bits per heavy atom. The van der Waals surface area contributed by atoms with Gasteiger partial charge in [0.2, 0.25) is 0 Å². The SMILES string of the molecule is Cc1noc(C)c1-c1cnc2c(c1)c(-c1c(Cl)cc(C(=O)O)cc1OC(C)C)cn2C1(C)CCOC1. The number of benzene rings is 1. The molecular weight excluding hydrogens is 482 g/mol. The second-order valence-corrected chi connectivity index (χ2v) is 10.2. The highest BCUT2D eigenvalue weighted by molar-refractivity contribution is 6.34. The molecule has 3 aromatic heterocycles. The van der Waals surface area contributed by atoms with Gasteiger partial charge < -0.3 is 23.7 Å². The topological polar surface area (TPSA) is 99.6 Å². The highest BCUT2D eigenvalue weighted by atomic mass is 35.5. The van der Waals surface area contributed by atoms with Crippen LogP contribution in [0.4, 0.5) is 0 Å². The van der Waals surface area contributed by atoms with E-state index in [2.05, 4.69) is 22.7 Å². The Hall–Kier alpha value is -3.36. The number of ether oxygens (including phenoxy) is 2. The molecule has 4 heterocycles. The molecule has 5 rings (SSSR count). The third kappa shape index (κ3) is 4.04. The van der Waals surface area contributed by atoms with Crippen LogP contribution in [0.15, 0.2) is 35.1 Å². The maximum atomic E-state index is 11.8. The van der Waals surface area contributed by atoms with Gasteiger partial charge in [-0.15, -0.1) is 0 Å². The van der Waals surface area contributed by atoms with Crippen molar-refractivity contribution in [1.29, 1.82) is 0 Å². The van der Waals surface area contributed by atoms with Gasteiger partial charge in [0, 0.05) is 46.6 Å². The van der Waals surface area contributed by atoms with Crippen molar-refractivity contribution in [1.82, 2.24) is 14.7 Å². The van der Waals surface area contributed by atoms with Crippen LogP contribution in [0.3, 0.4) is 0 Å². The zero-order valence-corrected chi connectivity index (χ0v) is 21.6. The zero-order chi connectivity index (χ0) is 25.8. The summed E-state index contributed by atoms with van der Waals surface area (Å²) in [7, 11) is 0. The van der Waals surface area contributed by atoms with Gasteiger partial charge in [-0.25, -0.2) is 9.78 Å². The fraction of sp³-hybridized carbons (Fsp3) is 0.370. The number of hydrogen-bond donors (Lipinski definition) is 1. The van der Waals surface area contributed by atoms with Crippen molar-refractivity contribution in [2.75, 3.05) is 13.2 Å². The lowest BCUT2D eigenvalue weighted by Gasteiger charge is -2.25. The minimum Gasteiger partial charge on any atom is -0.490 e. The minimum absolute atomic E-state index is 0.0637. The summed E-state index contributed by atoms with van der Waals surface area (Å²) in [6.07, 6.45) is 4.51. The first-order chi connectivity index (χ1) is 17.1. The van der Waals surface area contributed by atoms with E-state index in [-0.39, 0.29) is 17.2 Å². The monoisotopic (exact) mass is 509 g/mol. The molecule has 9 heteroatoms. The van der Waals surface area contributed by atoms with Gasteiger partial charge in [-0.1, -0.05) is 16.8 Å². The van der Waals surface area contributed by atoms with E-state index in [1.54, 1.807) is 0 Å². The summed E-state index contributed by atoms with van der Waals surface area (Å²) in [5, 5.41) is 14.9. The number of halogens is 1. The van der Waals surface area contributed by atoms with E-state index in [0.29, 0.717) is 35.3 Å². The third-order valence-corrected chi connectivity index (χ3v) is 6.98. The number of fused-ring (bicyclic) bond motifs is 1. The Kier molecular flexibility index (Phi) is 6.04. The molecule has 1 saturated heterocycles. The van der Waals surface area contributed by atoms with Crippen molar-refractivity contribution in [3.63, 3.8) is 0 Å². The van der Waals surface area contributed by atoms with Crippen molar-refractivity contribution >= 4 is 28.6 Å². The molecule has 1 atom stereocenters. The van der Waals surface area contributed by atoms with Crippen LogP contribution in [0, 0.1) is 13.8 Å². The number of carbonyl (C=O) groups is 1. The van der Waals surface area contributed by atoms with E-state index < -0.39 is 5.97 Å². The average Bonchev–Trinajstić information content (AvgIpc) is 3.50. The zero-order valence-electron chi connectivity index (χ0n) is 20.9. The number of aromatic nitrogens is 3. The molecule has 1 unspecified atom stereocenters. The predicted molar refractivity (Wildman–Crippen MR) is 137 cm³/mol. The lowest BCUT2D eigenvalue weighted by molar-refractivity contribution is 0.0696. The highest BCUT2D eigenvalue weighted by Crippen LogP contribution is 2.45. The molecule has 0 bridgehead atoms. The number of pyridine rings is 1. The summed E-state index contributed by atoms with van der Waals surface area (Å²) in [5.74, 6) is 0.0421. The first-order valence-corrected chi connectivity index (χ1v) is 12.2. The van der Waals surface area contributed by atoms with Crippen LogP contribution in [0.5, 0.6) is 5.75 Å². The average molecular weight is 510 g/mol. The molecule has 1 aliphatic rings. The summed E-state index contributed by atoms with van der Waals surface area (Å²) in [6.45, 7) is 10.9. The lowest BCUT2D eigenvalue weighted by atomic mass is 9.99. The molecular formula is C27H28ClN3O5. The Morgan fingerprint density at radius 2 is 2.03 bits per heavy atom. The maximum Gasteiger partial charge on any atom is 0.335 e. The van der Waals surface area contributed by atoms with Gasteiger partial charge in [-0.3, -0.25) is 0 Å². The van der Waals surface area contributed by atoms with Crippen LogP contribution in [0.25, 0.3) is 33.3 Å². The summed E-state index contributed by atoms with van der Waals surface area (Å²) >= 11 is 6.77. The van der Waals surface area contributed by atoms with Gasteiger partial charge in [-0.05, 0) is 59.2 Å². The highest BCUT2D eigenvalue weighted by Gasteiger charge is 2.35. The summed E-state index contributed by atoms with van der Waals surface area (Å²) < 4.78 is 19.4. The Balaban J connectivity index is 1.83. The molecule has 36 heavy (non-hydrogen) atoms. The quantitative estimate of drug-likeness (QED) is 0.328. The number of hydrogen-bond acceptors (Lipinski definition) is 6. The molecule has 0 aliphatic carbocycles. The Morgan fingerprint density at radius 1 is 1.25 bits per heavy atom. The number of aryl methyl sites for hydroxylation is 2. The lowest BCUT2D eigenvalue weighted by Crippen LogP contribution is -2.29. The minimum atomic E-state index is -1.07. The standard InChI is InChI=1S/C27H28ClN3O5/c1-14(2)35-22-10-17(26(32)33)9-21(28)24(22)20-12-31(27(5)6-7-34-13-27)25-19(20)8-18(11-29-25)23-15(3)30-36-16(23)4/h8-12,14H,6-7,13H2,1-5H3,(H,32,33). The summed E-state index contributed by atoms with van der Waals surface area (Å²) in [5.41, 5.74) is 4.52. The predicted octanol–water partition coefficient (Wildman–Crippen LogP) is 6.25. The van der Waals surface area contributed by atoms with E-state index >= 15 is 0 Å². The number of nitrogens with zero attached hydrogens (tertiary/aromatic N) is 3. The summed E-state index contributed by atoms with van der Waals surface area (Å²) in [4.78, 5) is 16.6. The van der Waals surface area contributed by atoms with Crippen LogP contribution in [-0.2, 0) is 10.3 Å². The molecule has 8 nitrogen and oxygen atoms in total. The number of carboxylic acids is 1. The first kappa shape index (κ1) is 24.3. The van der Waals surface area contributed by atoms with Gasteiger partial charge in [0.25, 0.3) is 0 Å².